The van der Waals surface area contributed by atoms with Gasteiger partial charge in [0.25, 0.3) is 0 Å². The van der Waals surface area contributed by atoms with E-state index in [0.29, 0.717) is 12.1 Å². The highest BCUT2D eigenvalue weighted by molar-refractivity contribution is 5.20. The van der Waals surface area contributed by atoms with Crippen molar-refractivity contribution in [3.05, 3.63) is 35.9 Å². The zero-order chi connectivity index (χ0) is 15.5. The largest absolute Gasteiger partial charge is 0.380 e. The Labute approximate surface area is 129 Å². The minimum absolute atomic E-state index is 0.259. The van der Waals surface area contributed by atoms with Gasteiger partial charge in [-0.15, -0.1) is 0 Å². The molecule has 0 aliphatic carbocycles. The van der Waals surface area contributed by atoms with Crippen LogP contribution in [0.15, 0.2) is 30.3 Å². The summed E-state index contributed by atoms with van der Waals surface area (Å²) in [7, 11) is 1.80. The number of hydrogen-bond acceptors (Lipinski definition) is 3. The van der Waals surface area contributed by atoms with Gasteiger partial charge >= 0.3 is 0 Å². The van der Waals surface area contributed by atoms with Crippen molar-refractivity contribution >= 4 is 0 Å². The van der Waals surface area contributed by atoms with E-state index in [4.69, 9.17) is 4.74 Å². The van der Waals surface area contributed by atoms with Crippen LogP contribution in [0.25, 0.3) is 0 Å². The molecule has 118 valence electrons. The monoisotopic (exact) mass is 290 g/mol. The molecule has 0 bridgehead atoms. The Balaban J connectivity index is 2.16. The number of nitrogens with zero attached hydrogens (tertiary/aromatic N) is 1. The fourth-order valence-electron chi connectivity index (χ4n) is 3.00. The Morgan fingerprint density at radius 1 is 1.29 bits per heavy atom. The van der Waals surface area contributed by atoms with E-state index in [1.54, 1.807) is 7.11 Å². The van der Waals surface area contributed by atoms with Crippen molar-refractivity contribution < 1.29 is 4.74 Å². The van der Waals surface area contributed by atoms with Crippen LogP contribution in [0.4, 0.5) is 0 Å². The molecule has 3 heteroatoms. The van der Waals surface area contributed by atoms with Crippen molar-refractivity contribution in [3.8, 4) is 0 Å². The molecule has 0 saturated carbocycles. The quantitative estimate of drug-likeness (QED) is 0.922. The van der Waals surface area contributed by atoms with Gasteiger partial charge in [0.1, 0.15) is 0 Å². The molecular formula is C18H30N2O. The second-order valence-corrected chi connectivity index (χ2v) is 7.25. The van der Waals surface area contributed by atoms with Crippen LogP contribution in [-0.4, -0.2) is 43.8 Å². The second kappa shape index (κ2) is 6.91. The molecule has 3 nitrogen and oxygen atoms in total. The molecule has 2 rings (SSSR count). The third-order valence-electron chi connectivity index (χ3n) is 4.54. The van der Waals surface area contributed by atoms with E-state index in [-0.39, 0.29) is 11.5 Å². The SMILES string of the molecule is COC(C)CN1CC(C(C)(C)C)NCC1c1ccccc1. The Bertz CT molecular complexity index is 427. The summed E-state index contributed by atoms with van der Waals surface area (Å²) in [6.07, 6.45) is 0.259. The third-order valence-corrected chi connectivity index (χ3v) is 4.54. The Morgan fingerprint density at radius 3 is 2.52 bits per heavy atom. The summed E-state index contributed by atoms with van der Waals surface area (Å²) in [5.41, 5.74) is 1.66. The highest BCUT2D eigenvalue weighted by Gasteiger charge is 2.35. The van der Waals surface area contributed by atoms with Crippen molar-refractivity contribution in [1.29, 1.82) is 0 Å². The van der Waals surface area contributed by atoms with Gasteiger partial charge < -0.3 is 10.1 Å². The highest BCUT2D eigenvalue weighted by atomic mass is 16.5. The summed E-state index contributed by atoms with van der Waals surface area (Å²) in [5, 5.41) is 3.75. The fraction of sp³-hybridized carbons (Fsp3) is 0.667. The fourth-order valence-corrected chi connectivity index (χ4v) is 3.00. The summed E-state index contributed by atoms with van der Waals surface area (Å²) in [6.45, 7) is 12.1. The normalized spacial score (nSPS) is 25.8. The maximum atomic E-state index is 5.50. The van der Waals surface area contributed by atoms with Gasteiger partial charge in [-0.3, -0.25) is 4.90 Å². The summed E-state index contributed by atoms with van der Waals surface area (Å²) in [4.78, 5) is 2.58. The first-order valence-corrected chi connectivity index (χ1v) is 7.97. The van der Waals surface area contributed by atoms with Crippen LogP contribution in [0.2, 0.25) is 0 Å². The molecule has 1 aromatic rings. The first-order valence-electron chi connectivity index (χ1n) is 7.97. The molecule has 0 aromatic heterocycles. The van der Waals surface area contributed by atoms with E-state index in [1.165, 1.54) is 5.56 Å². The molecule has 3 atom stereocenters. The maximum absolute atomic E-state index is 5.50. The van der Waals surface area contributed by atoms with Crippen LogP contribution in [0.1, 0.15) is 39.3 Å². The van der Waals surface area contributed by atoms with Gasteiger partial charge in [-0.2, -0.15) is 0 Å². The van der Waals surface area contributed by atoms with Gasteiger partial charge in [0, 0.05) is 38.8 Å². The summed E-state index contributed by atoms with van der Waals surface area (Å²) in [5.74, 6) is 0. The minimum atomic E-state index is 0.259. The molecule has 3 unspecified atom stereocenters. The molecule has 0 radical (unpaired) electrons. The average molecular weight is 290 g/mol. The zero-order valence-corrected chi connectivity index (χ0v) is 14.1. The average Bonchev–Trinajstić information content (AvgIpc) is 2.47. The van der Waals surface area contributed by atoms with E-state index in [9.17, 15) is 0 Å². The van der Waals surface area contributed by atoms with Crippen molar-refractivity contribution in [2.75, 3.05) is 26.7 Å². The Kier molecular flexibility index (Phi) is 5.42. The molecular weight excluding hydrogens is 260 g/mol. The molecule has 1 N–H and O–H groups in total. The zero-order valence-electron chi connectivity index (χ0n) is 14.1. The Morgan fingerprint density at radius 2 is 1.95 bits per heavy atom. The smallest absolute Gasteiger partial charge is 0.0670 e. The van der Waals surface area contributed by atoms with Crippen molar-refractivity contribution in [1.82, 2.24) is 10.2 Å². The molecule has 1 aromatic carbocycles. The lowest BCUT2D eigenvalue weighted by Crippen LogP contribution is -2.58. The molecule has 1 aliphatic heterocycles. The molecule has 1 saturated heterocycles. The topological polar surface area (TPSA) is 24.5 Å². The van der Waals surface area contributed by atoms with Crippen molar-refractivity contribution in [2.45, 2.75) is 45.9 Å². The lowest BCUT2D eigenvalue weighted by Gasteiger charge is -2.45. The molecule has 0 spiro atoms. The minimum Gasteiger partial charge on any atom is -0.380 e. The summed E-state index contributed by atoms with van der Waals surface area (Å²) in [6, 6.07) is 11.7. The number of ether oxygens (including phenoxy) is 1. The summed E-state index contributed by atoms with van der Waals surface area (Å²) < 4.78 is 5.50. The van der Waals surface area contributed by atoms with E-state index in [2.05, 4.69) is 68.2 Å². The van der Waals surface area contributed by atoms with Gasteiger partial charge in [-0.25, -0.2) is 0 Å². The number of benzene rings is 1. The first kappa shape index (κ1) is 16.5. The van der Waals surface area contributed by atoms with E-state index < -0.39 is 0 Å². The van der Waals surface area contributed by atoms with Crippen LogP contribution < -0.4 is 5.32 Å². The Hall–Kier alpha value is -0.900. The van der Waals surface area contributed by atoms with Crippen molar-refractivity contribution in [2.24, 2.45) is 5.41 Å². The van der Waals surface area contributed by atoms with Crippen LogP contribution in [0, 0.1) is 5.41 Å². The predicted octanol–water partition coefficient (Wildman–Crippen LogP) is 3.08. The van der Waals surface area contributed by atoms with E-state index in [1.807, 2.05) is 0 Å². The van der Waals surface area contributed by atoms with Gasteiger partial charge in [-0.1, -0.05) is 51.1 Å². The van der Waals surface area contributed by atoms with Crippen LogP contribution in [0.5, 0.6) is 0 Å². The lowest BCUT2D eigenvalue weighted by atomic mass is 9.84. The number of rotatable bonds is 4. The van der Waals surface area contributed by atoms with E-state index >= 15 is 0 Å². The van der Waals surface area contributed by atoms with Gasteiger partial charge in [0.15, 0.2) is 0 Å². The maximum Gasteiger partial charge on any atom is 0.0670 e. The lowest BCUT2D eigenvalue weighted by molar-refractivity contribution is 0.0255. The summed E-state index contributed by atoms with van der Waals surface area (Å²) >= 11 is 0. The highest BCUT2D eigenvalue weighted by Crippen LogP contribution is 2.29. The molecule has 21 heavy (non-hydrogen) atoms. The van der Waals surface area contributed by atoms with Crippen LogP contribution >= 0.6 is 0 Å². The predicted molar refractivity (Wildman–Crippen MR) is 88.5 cm³/mol. The molecule has 1 fully saturated rings. The van der Waals surface area contributed by atoms with Gasteiger partial charge in [0.05, 0.1) is 6.10 Å². The second-order valence-electron chi connectivity index (χ2n) is 7.25. The van der Waals surface area contributed by atoms with Gasteiger partial charge in [-0.05, 0) is 17.9 Å². The molecule has 1 aliphatic rings. The van der Waals surface area contributed by atoms with Crippen LogP contribution in [0.3, 0.4) is 0 Å². The number of piperazine rings is 1. The molecule has 0 amide bonds. The van der Waals surface area contributed by atoms with Crippen LogP contribution in [-0.2, 0) is 4.74 Å². The van der Waals surface area contributed by atoms with Gasteiger partial charge in [0.2, 0.25) is 0 Å². The number of nitrogens with one attached hydrogen (secondary N) is 1. The number of hydrogen-bond donors (Lipinski definition) is 1. The standard InChI is InChI=1S/C18H30N2O/c1-14(21-5)12-20-13-17(18(2,3)4)19-11-16(20)15-9-7-6-8-10-15/h6-10,14,16-17,19H,11-13H2,1-5H3. The third kappa shape index (κ3) is 4.29. The molecule has 1 heterocycles. The number of methoxy groups -OCH3 is 1. The van der Waals surface area contributed by atoms with E-state index in [0.717, 1.165) is 19.6 Å². The van der Waals surface area contributed by atoms with Crippen molar-refractivity contribution in [3.63, 3.8) is 0 Å². The first-order chi connectivity index (χ1) is 9.91.